The van der Waals surface area contributed by atoms with E-state index in [0.29, 0.717) is 31.2 Å². The minimum atomic E-state index is -2.29. The largest absolute Gasteiger partial charge is 0.387 e. The van der Waals surface area contributed by atoms with E-state index in [-0.39, 0.29) is 12.6 Å². The van der Waals surface area contributed by atoms with Gasteiger partial charge < -0.3 is 5.11 Å². The van der Waals surface area contributed by atoms with Crippen molar-refractivity contribution < 1.29 is 13.9 Å². The molecule has 22 heavy (non-hydrogen) atoms. The zero-order valence-electron chi connectivity index (χ0n) is 12.8. The van der Waals surface area contributed by atoms with E-state index < -0.39 is 12.5 Å². The number of nitrogens with zero attached hydrogens (tertiary/aromatic N) is 2. The Morgan fingerprint density at radius 1 is 1.23 bits per heavy atom. The van der Waals surface area contributed by atoms with Crippen LogP contribution in [-0.2, 0) is 0 Å². The molecule has 1 aliphatic rings. The third-order valence-electron chi connectivity index (χ3n) is 4.22. The van der Waals surface area contributed by atoms with Crippen molar-refractivity contribution in [1.29, 1.82) is 0 Å². The number of hydrogen-bond acceptors (Lipinski definition) is 3. The summed E-state index contributed by atoms with van der Waals surface area (Å²) in [4.78, 5) is 4.01. The molecule has 0 aliphatic carbocycles. The second kappa shape index (κ2) is 8.20. The summed E-state index contributed by atoms with van der Waals surface area (Å²) >= 11 is 5.84. The van der Waals surface area contributed by atoms with Crippen LogP contribution >= 0.6 is 11.6 Å². The van der Waals surface area contributed by atoms with Gasteiger partial charge in [-0.1, -0.05) is 30.7 Å². The van der Waals surface area contributed by atoms with Crippen LogP contribution in [0, 0.1) is 0 Å². The molecule has 3 nitrogen and oxygen atoms in total. The average Bonchev–Trinajstić information content (AvgIpc) is 2.49. The lowest BCUT2D eigenvalue weighted by Gasteiger charge is -2.41. The topological polar surface area (TPSA) is 26.7 Å². The van der Waals surface area contributed by atoms with Gasteiger partial charge in [0, 0.05) is 37.2 Å². The van der Waals surface area contributed by atoms with Crippen molar-refractivity contribution in [2.75, 3.05) is 32.7 Å². The fraction of sp³-hybridized carbons (Fsp3) is 0.625. The third-order valence-corrected chi connectivity index (χ3v) is 4.47. The molecular formula is C16H23ClF2N2O. The number of rotatable bonds is 6. The van der Waals surface area contributed by atoms with E-state index in [0.717, 1.165) is 12.0 Å². The SMILES string of the molecule is CCC1CN(CC(O)c2ccc(Cl)cc2)CCN1CC(F)F. The van der Waals surface area contributed by atoms with Gasteiger partial charge in [0.15, 0.2) is 0 Å². The number of benzene rings is 1. The maximum absolute atomic E-state index is 12.6. The zero-order valence-corrected chi connectivity index (χ0v) is 13.5. The summed E-state index contributed by atoms with van der Waals surface area (Å²) in [5, 5.41) is 11.0. The van der Waals surface area contributed by atoms with Gasteiger partial charge in [0.05, 0.1) is 12.6 Å². The number of β-amino-alcohol motifs (C(OH)–C–C–N with tert-alkyl or cyclic N) is 1. The lowest BCUT2D eigenvalue weighted by Crippen LogP contribution is -2.54. The molecule has 1 saturated heterocycles. The number of aliphatic hydroxyl groups is 1. The molecule has 1 N–H and O–H groups in total. The second-order valence-corrected chi connectivity index (χ2v) is 6.21. The molecular weight excluding hydrogens is 310 g/mol. The molecule has 0 amide bonds. The first kappa shape index (κ1) is 17.6. The van der Waals surface area contributed by atoms with Gasteiger partial charge in [-0.3, -0.25) is 9.80 Å². The third kappa shape index (κ3) is 4.88. The highest BCUT2D eigenvalue weighted by Crippen LogP contribution is 2.20. The van der Waals surface area contributed by atoms with E-state index in [1.165, 1.54) is 0 Å². The number of hydrogen-bond donors (Lipinski definition) is 1. The Morgan fingerprint density at radius 3 is 2.50 bits per heavy atom. The van der Waals surface area contributed by atoms with Crippen LogP contribution in [0.25, 0.3) is 0 Å². The molecule has 1 heterocycles. The molecule has 1 aromatic rings. The summed E-state index contributed by atoms with van der Waals surface area (Å²) < 4.78 is 25.2. The smallest absolute Gasteiger partial charge is 0.251 e. The molecule has 1 fully saturated rings. The first-order chi connectivity index (χ1) is 10.5. The Morgan fingerprint density at radius 2 is 1.91 bits per heavy atom. The molecule has 0 radical (unpaired) electrons. The highest BCUT2D eigenvalue weighted by atomic mass is 35.5. The van der Waals surface area contributed by atoms with Crippen molar-refractivity contribution in [3.63, 3.8) is 0 Å². The van der Waals surface area contributed by atoms with Crippen molar-refractivity contribution in [3.05, 3.63) is 34.9 Å². The first-order valence-corrected chi connectivity index (χ1v) is 8.05. The van der Waals surface area contributed by atoms with Crippen LogP contribution in [0.5, 0.6) is 0 Å². The average molecular weight is 333 g/mol. The Labute approximate surface area is 135 Å². The van der Waals surface area contributed by atoms with Gasteiger partial charge in [-0.05, 0) is 24.1 Å². The normalized spacial score (nSPS) is 22.2. The minimum Gasteiger partial charge on any atom is -0.387 e. The van der Waals surface area contributed by atoms with Crippen molar-refractivity contribution in [1.82, 2.24) is 9.80 Å². The van der Waals surface area contributed by atoms with Crippen molar-refractivity contribution in [2.45, 2.75) is 31.9 Å². The van der Waals surface area contributed by atoms with Crippen LogP contribution in [0.1, 0.15) is 25.0 Å². The quantitative estimate of drug-likeness (QED) is 0.867. The van der Waals surface area contributed by atoms with E-state index in [9.17, 15) is 13.9 Å². The number of aliphatic hydroxyl groups excluding tert-OH is 1. The van der Waals surface area contributed by atoms with Gasteiger partial charge in [-0.25, -0.2) is 8.78 Å². The molecule has 2 rings (SSSR count). The van der Waals surface area contributed by atoms with E-state index >= 15 is 0 Å². The number of piperazine rings is 1. The molecule has 1 aromatic carbocycles. The summed E-state index contributed by atoms with van der Waals surface area (Å²) in [6.07, 6.45) is -2.04. The van der Waals surface area contributed by atoms with Gasteiger partial charge in [-0.15, -0.1) is 0 Å². The molecule has 124 valence electrons. The Hall–Kier alpha value is -0.750. The van der Waals surface area contributed by atoms with E-state index in [1.54, 1.807) is 12.1 Å². The molecule has 0 aromatic heterocycles. The van der Waals surface area contributed by atoms with Gasteiger partial charge in [0.25, 0.3) is 6.43 Å². The van der Waals surface area contributed by atoms with Crippen LogP contribution in [0.2, 0.25) is 5.02 Å². The molecule has 6 heteroatoms. The van der Waals surface area contributed by atoms with Crippen molar-refractivity contribution in [2.24, 2.45) is 0 Å². The lowest BCUT2D eigenvalue weighted by atomic mass is 10.1. The lowest BCUT2D eigenvalue weighted by molar-refractivity contribution is 0.00486. The van der Waals surface area contributed by atoms with Crippen LogP contribution in [0.3, 0.4) is 0 Å². The summed E-state index contributed by atoms with van der Waals surface area (Å²) in [6.45, 7) is 4.41. The second-order valence-electron chi connectivity index (χ2n) is 5.78. The van der Waals surface area contributed by atoms with Crippen LogP contribution in [0.4, 0.5) is 8.78 Å². The molecule has 0 bridgehead atoms. The predicted octanol–water partition coefficient (Wildman–Crippen LogP) is 3.03. The number of halogens is 3. The summed E-state index contributed by atoms with van der Waals surface area (Å²) in [5.41, 5.74) is 0.826. The summed E-state index contributed by atoms with van der Waals surface area (Å²) in [7, 11) is 0. The standard InChI is InChI=1S/C16H23ClF2N2O/c1-2-14-9-20(7-8-21(14)11-16(18)19)10-15(22)12-3-5-13(17)6-4-12/h3-6,14-16,22H,2,7-11H2,1H3. The molecule has 2 unspecified atom stereocenters. The van der Waals surface area contributed by atoms with E-state index in [2.05, 4.69) is 4.90 Å². The van der Waals surface area contributed by atoms with Crippen LogP contribution in [0.15, 0.2) is 24.3 Å². The molecule has 2 atom stereocenters. The van der Waals surface area contributed by atoms with E-state index in [1.807, 2.05) is 24.0 Å². The zero-order chi connectivity index (χ0) is 16.1. The van der Waals surface area contributed by atoms with E-state index in [4.69, 9.17) is 11.6 Å². The van der Waals surface area contributed by atoms with Gasteiger partial charge in [0.1, 0.15) is 0 Å². The highest BCUT2D eigenvalue weighted by molar-refractivity contribution is 6.30. The number of alkyl halides is 2. The highest BCUT2D eigenvalue weighted by Gasteiger charge is 2.28. The predicted molar refractivity (Wildman–Crippen MR) is 84.5 cm³/mol. The Kier molecular flexibility index (Phi) is 6.56. The maximum atomic E-state index is 12.6. The van der Waals surface area contributed by atoms with Crippen LogP contribution < -0.4 is 0 Å². The Bertz CT molecular complexity index is 458. The molecule has 0 spiro atoms. The monoisotopic (exact) mass is 332 g/mol. The fourth-order valence-corrected chi connectivity index (χ4v) is 3.09. The van der Waals surface area contributed by atoms with Crippen molar-refractivity contribution >= 4 is 11.6 Å². The minimum absolute atomic E-state index is 0.125. The molecule has 0 saturated carbocycles. The first-order valence-electron chi connectivity index (χ1n) is 7.67. The van der Waals surface area contributed by atoms with Crippen LogP contribution in [-0.4, -0.2) is 60.1 Å². The maximum Gasteiger partial charge on any atom is 0.251 e. The van der Waals surface area contributed by atoms with Crippen molar-refractivity contribution in [3.8, 4) is 0 Å². The Balaban J connectivity index is 1.90. The van der Waals surface area contributed by atoms with Gasteiger partial charge >= 0.3 is 0 Å². The summed E-state index contributed by atoms with van der Waals surface area (Å²) in [5.74, 6) is 0. The molecule has 1 aliphatic heterocycles. The summed E-state index contributed by atoms with van der Waals surface area (Å²) in [6, 6.07) is 7.28. The fourth-order valence-electron chi connectivity index (χ4n) is 2.96. The van der Waals surface area contributed by atoms with Gasteiger partial charge in [0.2, 0.25) is 0 Å². The van der Waals surface area contributed by atoms with Gasteiger partial charge in [-0.2, -0.15) is 0 Å².